The van der Waals surface area contributed by atoms with Crippen LogP contribution in [-0.4, -0.2) is 40.3 Å². The number of amides is 2. The highest BCUT2D eigenvalue weighted by Crippen LogP contribution is 2.21. The van der Waals surface area contributed by atoms with E-state index < -0.39 is 29.2 Å². The van der Waals surface area contributed by atoms with Crippen LogP contribution in [0.2, 0.25) is 0 Å². The summed E-state index contributed by atoms with van der Waals surface area (Å²) in [5.41, 5.74) is 1.75. The van der Waals surface area contributed by atoms with E-state index in [2.05, 4.69) is 15.0 Å². The van der Waals surface area contributed by atoms with Crippen molar-refractivity contribution in [3.8, 4) is 0 Å². The van der Waals surface area contributed by atoms with Crippen LogP contribution in [0.5, 0.6) is 0 Å². The minimum absolute atomic E-state index is 0.148. The normalized spacial score (nSPS) is 12.1. The molecule has 0 spiro atoms. The van der Waals surface area contributed by atoms with Crippen LogP contribution < -0.4 is 4.90 Å². The standard InChI is InChI=1S/C21H20F2N4O3S/c1-21(2,3)30-20(29)26-17(7-12-5-13(22)8-14(23)6-12)19(28)27(4)15-9-16-18(24-10-15)31-11-25-16/h5-6,8-11H,7H2,1-4H3. The van der Waals surface area contributed by atoms with Gasteiger partial charge in [-0.2, -0.15) is 4.99 Å². The quantitative estimate of drug-likeness (QED) is 0.549. The van der Waals surface area contributed by atoms with Gasteiger partial charge in [0, 0.05) is 19.5 Å². The van der Waals surface area contributed by atoms with Gasteiger partial charge in [-0.15, -0.1) is 11.3 Å². The Kier molecular flexibility index (Phi) is 6.40. The fraction of sp³-hybridized carbons (Fsp3) is 0.286. The largest absolute Gasteiger partial charge is 0.442 e. The van der Waals surface area contributed by atoms with Crippen LogP contribution in [-0.2, 0) is 16.0 Å². The van der Waals surface area contributed by atoms with Crippen molar-refractivity contribution in [2.75, 3.05) is 11.9 Å². The Balaban J connectivity index is 1.94. The lowest BCUT2D eigenvalue weighted by atomic mass is 10.1. The Bertz CT molecular complexity index is 1150. The number of carbonyl (C=O) groups excluding carboxylic acids is 2. The first-order valence-electron chi connectivity index (χ1n) is 9.24. The monoisotopic (exact) mass is 446 g/mol. The fourth-order valence-corrected chi connectivity index (χ4v) is 3.32. The third-order valence-corrected chi connectivity index (χ3v) is 4.78. The molecule has 0 aliphatic rings. The summed E-state index contributed by atoms with van der Waals surface area (Å²) in [4.78, 5) is 39.6. The number of benzene rings is 1. The number of fused-ring (bicyclic) bond motifs is 1. The first-order chi connectivity index (χ1) is 14.5. The van der Waals surface area contributed by atoms with Gasteiger partial charge in [-0.3, -0.25) is 4.79 Å². The van der Waals surface area contributed by atoms with Gasteiger partial charge in [0.05, 0.1) is 17.4 Å². The van der Waals surface area contributed by atoms with Crippen molar-refractivity contribution >= 4 is 45.1 Å². The maximum absolute atomic E-state index is 13.6. The van der Waals surface area contributed by atoms with Gasteiger partial charge in [0.1, 0.15) is 33.3 Å². The lowest BCUT2D eigenvalue weighted by molar-refractivity contribution is -0.112. The highest BCUT2D eigenvalue weighted by Gasteiger charge is 2.23. The SMILES string of the molecule is CN(C(=O)C(Cc1cc(F)cc(F)c1)=NC(=O)OC(C)(C)C)c1cnc2scnc2c1. The minimum Gasteiger partial charge on any atom is -0.442 e. The van der Waals surface area contributed by atoms with Gasteiger partial charge in [0.25, 0.3) is 5.91 Å². The Morgan fingerprint density at radius 2 is 1.81 bits per heavy atom. The molecule has 0 N–H and O–H groups in total. The molecule has 0 atom stereocenters. The number of pyridine rings is 1. The summed E-state index contributed by atoms with van der Waals surface area (Å²) in [7, 11) is 1.48. The second-order valence-corrected chi connectivity index (χ2v) is 8.56. The minimum atomic E-state index is -0.978. The van der Waals surface area contributed by atoms with Crippen molar-refractivity contribution < 1.29 is 23.1 Å². The number of rotatable bonds is 4. The van der Waals surface area contributed by atoms with Gasteiger partial charge in [-0.1, -0.05) is 0 Å². The zero-order chi connectivity index (χ0) is 22.8. The van der Waals surface area contributed by atoms with E-state index in [0.717, 1.165) is 18.2 Å². The molecule has 0 bridgehead atoms. The van der Waals surface area contributed by atoms with Crippen molar-refractivity contribution in [3.63, 3.8) is 0 Å². The summed E-state index contributed by atoms with van der Waals surface area (Å²) in [6.45, 7) is 4.97. The van der Waals surface area contributed by atoms with Crippen LogP contribution >= 0.6 is 11.3 Å². The Morgan fingerprint density at radius 1 is 1.13 bits per heavy atom. The van der Waals surface area contributed by atoms with Crippen molar-refractivity contribution in [1.29, 1.82) is 0 Å². The molecule has 0 aliphatic carbocycles. The van der Waals surface area contributed by atoms with Crippen molar-refractivity contribution in [3.05, 3.63) is 53.2 Å². The van der Waals surface area contributed by atoms with E-state index in [0.29, 0.717) is 16.0 Å². The Morgan fingerprint density at radius 3 is 2.45 bits per heavy atom. The maximum Gasteiger partial charge on any atom is 0.434 e. The van der Waals surface area contributed by atoms with Crippen molar-refractivity contribution in [2.24, 2.45) is 4.99 Å². The molecule has 0 aliphatic heterocycles. The molecule has 2 amide bonds. The molecule has 3 rings (SSSR count). The average molecular weight is 446 g/mol. The number of aliphatic imine (C=N–C) groups is 1. The topological polar surface area (TPSA) is 84.8 Å². The summed E-state index contributed by atoms with van der Waals surface area (Å²) >= 11 is 1.36. The van der Waals surface area contributed by atoms with Gasteiger partial charge in [0.15, 0.2) is 0 Å². The molecule has 0 saturated heterocycles. The van der Waals surface area contributed by atoms with E-state index in [9.17, 15) is 18.4 Å². The third-order valence-electron chi connectivity index (χ3n) is 4.03. The molecule has 31 heavy (non-hydrogen) atoms. The van der Waals surface area contributed by atoms with Crippen LogP contribution in [0, 0.1) is 11.6 Å². The lowest BCUT2D eigenvalue weighted by Crippen LogP contribution is -2.35. The number of nitrogens with zero attached hydrogens (tertiary/aromatic N) is 4. The van der Waals surface area contributed by atoms with Gasteiger partial charge >= 0.3 is 6.09 Å². The zero-order valence-electron chi connectivity index (χ0n) is 17.3. The summed E-state index contributed by atoms with van der Waals surface area (Å²) in [6, 6.07) is 4.54. The number of ether oxygens (including phenoxy) is 1. The second kappa shape index (κ2) is 8.84. The van der Waals surface area contributed by atoms with Crippen LogP contribution in [0.4, 0.5) is 19.3 Å². The highest BCUT2D eigenvalue weighted by molar-refractivity contribution is 7.16. The molecule has 10 heteroatoms. The highest BCUT2D eigenvalue weighted by atomic mass is 32.1. The van der Waals surface area contributed by atoms with Crippen molar-refractivity contribution in [2.45, 2.75) is 32.8 Å². The van der Waals surface area contributed by atoms with E-state index in [1.807, 2.05) is 0 Å². The third kappa shape index (κ3) is 5.88. The molecule has 0 saturated carbocycles. The van der Waals surface area contributed by atoms with Gasteiger partial charge in [-0.25, -0.2) is 23.5 Å². The van der Waals surface area contributed by atoms with Crippen molar-refractivity contribution in [1.82, 2.24) is 9.97 Å². The Hall–Kier alpha value is -3.27. The average Bonchev–Trinajstić information content (AvgIpc) is 3.11. The molecule has 0 radical (unpaired) electrons. The number of thiazole rings is 1. The van der Waals surface area contributed by atoms with E-state index in [-0.39, 0.29) is 17.7 Å². The smallest absolute Gasteiger partial charge is 0.434 e. The van der Waals surface area contributed by atoms with E-state index >= 15 is 0 Å². The number of carbonyl (C=O) groups is 2. The molecule has 162 valence electrons. The summed E-state index contributed by atoms with van der Waals surface area (Å²) in [6.07, 6.45) is 0.240. The molecular weight excluding hydrogens is 426 g/mol. The zero-order valence-corrected chi connectivity index (χ0v) is 18.2. The van der Waals surface area contributed by atoms with Crippen LogP contribution in [0.3, 0.4) is 0 Å². The first-order valence-corrected chi connectivity index (χ1v) is 10.1. The predicted molar refractivity (Wildman–Crippen MR) is 115 cm³/mol. The molecule has 0 fully saturated rings. The number of anilines is 1. The molecule has 3 aromatic rings. The maximum atomic E-state index is 13.6. The summed E-state index contributed by atoms with van der Waals surface area (Å²) in [5.74, 6) is -2.25. The lowest BCUT2D eigenvalue weighted by Gasteiger charge is -2.20. The number of hydrogen-bond acceptors (Lipinski definition) is 6. The molecule has 2 aromatic heterocycles. The predicted octanol–water partition coefficient (Wildman–Crippen LogP) is 4.55. The molecular formula is C21H20F2N4O3S. The molecule has 7 nitrogen and oxygen atoms in total. The number of hydrogen-bond donors (Lipinski definition) is 0. The first kappa shape index (κ1) is 22.4. The van der Waals surface area contributed by atoms with Crippen LogP contribution in [0.15, 0.2) is 41.0 Å². The fourth-order valence-electron chi connectivity index (χ4n) is 2.70. The number of aromatic nitrogens is 2. The number of halogens is 2. The molecule has 1 aromatic carbocycles. The van der Waals surface area contributed by atoms with E-state index in [4.69, 9.17) is 4.74 Å². The molecule has 2 heterocycles. The van der Waals surface area contributed by atoms with E-state index in [1.165, 1.54) is 29.5 Å². The van der Waals surface area contributed by atoms with Crippen LogP contribution in [0.25, 0.3) is 10.3 Å². The van der Waals surface area contributed by atoms with Gasteiger partial charge < -0.3 is 9.64 Å². The van der Waals surface area contributed by atoms with E-state index in [1.54, 1.807) is 32.3 Å². The summed E-state index contributed by atoms with van der Waals surface area (Å²) < 4.78 is 32.4. The summed E-state index contributed by atoms with van der Waals surface area (Å²) in [5, 5.41) is 0. The van der Waals surface area contributed by atoms with Gasteiger partial charge in [0.2, 0.25) is 0 Å². The second-order valence-electron chi connectivity index (χ2n) is 7.73. The molecule has 0 unspecified atom stereocenters. The Labute approximate surface area is 181 Å². The van der Waals surface area contributed by atoms with Gasteiger partial charge in [-0.05, 0) is 44.5 Å². The van der Waals surface area contributed by atoms with Crippen LogP contribution in [0.1, 0.15) is 26.3 Å².